The van der Waals surface area contributed by atoms with Crippen LogP contribution in [0.4, 0.5) is 0 Å². The molecule has 0 saturated carbocycles. The molecule has 2 N–H and O–H groups in total. The van der Waals surface area contributed by atoms with Gasteiger partial charge in [-0.1, -0.05) is 33.6 Å². The number of aliphatic hydroxyl groups excluding tert-OH is 2. The molecule has 0 aliphatic carbocycles. The molecule has 0 radical (unpaired) electrons. The average Bonchev–Trinajstić information content (AvgIpc) is 2.15. The quantitative estimate of drug-likeness (QED) is 0.644. The van der Waals surface area contributed by atoms with Crippen LogP contribution in [0.25, 0.3) is 0 Å². The summed E-state index contributed by atoms with van der Waals surface area (Å²) in [5.41, 5.74) is 0. The van der Waals surface area contributed by atoms with Gasteiger partial charge in [-0.15, -0.1) is 0 Å². The van der Waals surface area contributed by atoms with Gasteiger partial charge in [0.1, 0.15) is 0 Å². The van der Waals surface area contributed by atoms with Crippen molar-refractivity contribution in [1.29, 1.82) is 0 Å². The summed E-state index contributed by atoms with van der Waals surface area (Å²) in [5.74, 6) is 0.0662. The lowest BCUT2D eigenvalue weighted by Gasteiger charge is -2.25. The number of hydrogen-bond acceptors (Lipinski definition) is 2. The topological polar surface area (TPSA) is 40.5 Å². The van der Waals surface area contributed by atoms with Crippen molar-refractivity contribution < 1.29 is 10.2 Å². The molecular weight excluding hydrogens is 164 g/mol. The normalized spacial score (nSPS) is 18.2. The highest BCUT2D eigenvalue weighted by molar-refractivity contribution is 4.74. The lowest BCUT2D eigenvalue weighted by molar-refractivity contribution is 0.00387. The first kappa shape index (κ1) is 12.9. The molecule has 13 heavy (non-hydrogen) atoms. The van der Waals surface area contributed by atoms with E-state index in [2.05, 4.69) is 6.92 Å². The molecule has 0 heterocycles. The van der Waals surface area contributed by atoms with Gasteiger partial charge in [-0.05, 0) is 19.3 Å². The largest absolute Gasteiger partial charge is 0.393 e. The Morgan fingerprint density at radius 3 is 1.92 bits per heavy atom. The predicted octanol–water partition coefficient (Wildman–Crippen LogP) is 2.33. The zero-order chi connectivity index (χ0) is 10.3. The summed E-state index contributed by atoms with van der Waals surface area (Å²) >= 11 is 0. The van der Waals surface area contributed by atoms with Crippen LogP contribution in [0.3, 0.4) is 0 Å². The molecule has 0 aromatic heterocycles. The van der Waals surface area contributed by atoms with Crippen LogP contribution >= 0.6 is 0 Å². The number of hydrogen-bond donors (Lipinski definition) is 2. The molecule has 0 saturated heterocycles. The molecule has 3 unspecified atom stereocenters. The van der Waals surface area contributed by atoms with Gasteiger partial charge in [-0.25, -0.2) is 0 Å². The fraction of sp³-hybridized carbons (Fsp3) is 1.00. The Bertz CT molecular complexity index is 115. The molecular formula is C11H24O2. The van der Waals surface area contributed by atoms with E-state index < -0.39 is 0 Å². The lowest BCUT2D eigenvalue weighted by atomic mass is 9.89. The van der Waals surface area contributed by atoms with Crippen molar-refractivity contribution >= 4 is 0 Å². The van der Waals surface area contributed by atoms with Gasteiger partial charge in [0.25, 0.3) is 0 Å². The Balaban J connectivity index is 3.90. The highest BCUT2D eigenvalue weighted by Gasteiger charge is 2.23. The van der Waals surface area contributed by atoms with Crippen LogP contribution in [-0.4, -0.2) is 22.4 Å². The molecule has 80 valence electrons. The summed E-state index contributed by atoms with van der Waals surface area (Å²) in [4.78, 5) is 0. The second-order valence-electron chi connectivity index (χ2n) is 3.76. The Morgan fingerprint density at radius 1 is 0.923 bits per heavy atom. The first-order valence-corrected chi connectivity index (χ1v) is 5.53. The van der Waals surface area contributed by atoms with Crippen molar-refractivity contribution in [3.05, 3.63) is 0 Å². The molecule has 0 aliphatic rings. The number of rotatable bonds is 7. The summed E-state index contributed by atoms with van der Waals surface area (Å²) in [6.45, 7) is 6.10. The molecule has 0 spiro atoms. The minimum absolute atomic E-state index is 0.0662. The van der Waals surface area contributed by atoms with Gasteiger partial charge in [-0.2, -0.15) is 0 Å². The third-order valence-corrected chi connectivity index (χ3v) is 2.73. The van der Waals surface area contributed by atoms with E-state index in [1.807, 2.05) is 13.8 Å². The van der Waals surface area contributed by atoms with Crippen molar-refractivity contribution in [2.75, 3.05) is 0 Å². The van der Waals surface area contributed by atoms with E-state index in [-0.39, 0.29) is 18.1 Å². The molecule has 0 aromatic carbocycles. The molecule has 0 amide bonds. The maximum Gasteiger partial charge on any atom is 0.0593 e. The third-order valence-electron chi connectivity index (χ3n) is 2.73. The summed E-state index contributed by atoms with van der Waals surface area (Å²) in [5, 5.41) is 19.4. The summed E-state index contributed by atoms with van der Waals surface area (Å²) in [6, 6.07) is 0. The highest BCUT2D eigenvalue weighted by atomic mass is 16.3. The monoisotopic (exact) mass is 188 g/mol. The average molecular weight is 188 g/mol. The zero-order valence-corrected chi connectivity index (χ0v) is 9.16. The Morgan fingerprint density at radius 2 is 1.54 bits per heavy atom. The van der Waals surface area contributed by atoms with Crippen LogP contribution in [0, 0.1) is 5.92 Å². The van der Waals surface area contributed by atoms with Crippen LogP contribution in [0.1, 0.15) is 52.9 Å². The predicted molar refractivity (Wildman–Crippen MR) is 55.6 cm³/mol. The van der Waals surface area contributed by atoms with Crippen LogP contribution in [-0.2, 0) is 0 Å². The van der Waals surface area contributed by atoms with Crippen LogP contribution < -0.4 is 0 Å². The van der Waals surface area contributed by atoms with Gasteiger partial charge in [-0.3, -0.25) is 0 Å². The highest BCUT2D eigenvalue weighted by Crippen LogP contribution is 2.20. The maximum absolute atomic E-state index is 9.78. The SMILES string of the molecule is CCCCC(O)C(CC)C(O)CC. The summed E-state index contributed by atoms with van der Waals surface area (Å²) in [6.07, 6.45) is 3.93. The van der Waals surface area contributed by atoms with Crippen LogP contribution in [0.5, 0.6) is 0 Å². The van der Waals surface area contributed by atoms with Crippen molar-refractivity contribution in [2.45, 2.75) is 65.1 Å². The van der Waals surface area contributed by atoms with Crippen LogP contribution in [0.2, 0.25) is 0 Å². The van der Waals surface area contributed by atoms with E-state index in [0.29, 0.717) is 0 Å². The van der Waals surface area contributed by atoms with E-state index in [1.54, 1.807) is 0 Å². The standard InChI is InChI=1S/C11H24O2/c1-4-7-8-11(13)9(5-2)10(12)6-3/h9-13H,4-8H2,1-3H3. The van der Waals surface area contributed by atoms with Gasteiger partial charge in [0.15, 0.2) is 0 Å². The van der Waals surface area contributed by atoms with Crippen molar-refractivity contribution in [2.24, 2.45) is 5.92 Å². The Hall–Kier alpha value is -0.0800. The smallest absolute Gasteiger partial charge is 0.0593 e. The first-order chi connectivity index (χ1) is 6.17. The van der Waals surface area contributed by atoms with Gasteiger partial charge < -0.3 is 10.2 Å². The zero-order valence-electron chi connectivity index (χ0n) is 9.16. The molecule has 0 fully saturated rings. The maximum atomic E-state index is 9.78. The summed E-state index contributed by atoms with van der Waals surface area (Å²) in [7, 11) is 0. The van der Waals surface area contributed by atoms with Crippen molar-refractivity contribution in [3.63, 3.8) is 0 Å². The molecule has 0 rings (SSSR count). The molecule has 3 atom stereocenters. The van der Waals surface area contributed by atoms with Crippen LogP contribution in [0.15, 0.2) is 0 Å². The molecule has 0 aliphatic heterocycles. The van der Waals surface area contributed by atoms with Gasteiger partial charge in [0.05, 0.1) is 12.2 Å². The van der Waals surface area contributed by atoms with E-state index in [4.69, 9.17) is 0 Å². The van der Waals surface area contributed by atoms with Gasteiger partial charge in [0.2, 0.25) is 0 Å². The third kappa shape index (κ3) is 4.63. The van der Waals surface area contributed by atoms with E-state index in [9.17, 15) is 10.2 Å². The first-order valence-electron chi connectivity index (χ1n) is 5.53. The molecule has 2 heteroatoms. The van der Waals surface area contributed by atoms with E-state index in [0.717, 1.165) is 32.1 Å². The molecule has 0 aromatic rings. The van der Waals surface area contributed by atoms with Crippen molar-refractivity contribution in [3.8, 4) is 0 Å². The number of unbranched alkanes of at least 4 members (excludes halogenated alkanes) is 1. The number of aliphatic hydroxyl groups is 2. The Kier molecular flexibility index (Phi) is 7.29. The van der Waals surface area contributed by atoms with E-state index >= 15 is 0 Å². The summed E-state index contributed by atoms with van der Waals surface area (Å²) < 4.78 is 0. The second-order valence-corrected chi connectivity index (χ2v) is 3.76. The fourth-order valence-electron chi connectivity index (χ4n) is 1.73. The second kappa shape index (κ2) is 7.34. The van der Waals surface area contributed by atoms with Gasteiger partial charge in [0, 0.05) is 5.92 Å². The molecule has 0 bridgehead atoms. The minimum Gasteiger partial charge on any atom is -0.393 e. The minimum atomic E-state index is -0.336. The fourth-order valence-corrected chi connectivity index (χ4v) is 1.73. The Labute approximate surface area is 82.0 Å². The van der Waals surface area contributed by atoms with Crippen molar-refractivity contribution in [1.82, 2.24) is 0 Å². The lowest BCUT2D eigenvalue weighted by Crippen LogP contribution is -2.30. The van der Waals surface area contributed by atoms with Gasteiger partial charge >= 0.3 is 0 Å². The van der Waals surface area contributed by atoms with E-state index in [1.165, 1.54) is 0 Å². The molecule has 2 nitrogen and oxygen atoms in total.